The number of hydrogen-bond acceptors (Lipinski definition) is 18. The van der Waals surface area contributed by atoms with Gasteiger partial charge in [0, 0.05) is 31.4 Å². The highest BCUT2D eigenvalue weighted by atomic mass is 35.5. The van der Waals surface area contributed by atoms with E-state index < -0.39 is 131 Å². The fraction of sp³-hybridized carbons (Fsp3) is 0.642. The lowest BCUT2D eigenvalue weighted by Gasteiger charge is -2.47. The Morgan fingerprint density at radius 2 is 1.58 bits per heavy atom. The van der Waals surface area contributed by atoms with Crippen molar-refractivity contribution in [2.24, 2.45) is 11.8 Å². The SMILES string of the molecule is CCc1c(Cl)c(O)c(Cl)c(O)c1C(=O)O[C@H]1[C@H](O)[C@H](OCC/C2=C\C=C/C[C@H](O)/C(C)=C/[C@H](CC)[C@@H](O[C@@H]3OC(C)(C)[C@@H](OC(=O)C(C)C)[C@H](O)[C@@H]3O)/C(C)=C/C(C)=C/C[C@@H]([C@@H](C)O)OC2=O)[C@H](OC)O[C@@H]1C. The van der Waals surface area contributed by atoms with E-state index in [1.807, 2.05) is 32.9 Å². The van der Waals surface area contributed by atoms with Gasteiger partial charge in [-0.1, -0.05) is 92.9 Å². The maximum Gasteiger partial charge on any atom is 0.342 e. The zero-order valence-corrected chi connectivity index (χ0v) is 45.3. The number of rotatable bonds is 14. The zero-order chi connectivity index (χ0) is 54.8. The monoisotopic (exact) mass is 1070 g/mol. The highest BCUT2D eigenvalue weighted by Crippen LogP contribution is 2.45. The smallest absolute Gasteiger partial charge is 0.342 e. The first kappa shape index (κ1) is 61.7. The summed E-state index contributed by atoms with van der Waals surface area (Å²) in [5.74, 6) is -4.69. The molecule has 0 bridgehead atoms. The summed E-state index contributed by atoms with van der Waals surface area (Å²) in [6, 6.07) is 0. The third-order valence-corrected chi connectivity index (χ3v) is 14.0. The van der Waals surface area contributed by atoms with E-state index in [2.05, 4.69) is 0 Å². The standard InChI is InChI=1S/C53H76Cl2O18/c1-13-31-24-27(6)34(57)18-16-15-17-32(21-22-67-46-43(62)45(30(9)68-52(46)66-12)70-50(65)36-33(14-2)37(54)40(59)38(55)39(36)58)49(64)69-35(29(8)56)20-19-26(5)23-28(7)44(31)71-51-42(61)41(60)47(53(10,11)73-51)72-48(63)25(3)4/h15-17,19,23-25,29-31,34-35,41-47,51-52,56-62H,13-14,18,20-22H2,1-12H3/b16-15-,26-19+,27-24+,28-23+,32-17+/t29-,30-,31+,34+,35+,41-,42+,43+,44+,45-,46+,47+,51-,52-/m1/s1. The van der Waals surface area contributed by atoms with Gasteiger partial charge in [0.1, 0.15) is 46.7 Å². The number of aliphatic hydroxyl groups excluding tert-OH is 5. The summed E-state index contributed by atoms with van der Waals surface area (Å²) in [4.78, 5) is 40.1. The van der Waals surface area contributed by atoms with E-state index in [-0.39, 0.29) is 54.4 Å². The van der Waals surface area contributed by atoms with Crippen LogP contribution in [0.15, 0.2) is 58.7 Å². The van der Waals surface area contributed by atoms with Crippen molar-refractivity contribution in [1.29, 1.82) is 0 Å². The molecule has 18 nitrogen and oxygen atoms in total. The van der Waals surface area contributed by atoms with Gasteiger partial charge in [-0.15, -0.1) is 0 Å². The first-order valence-corrected chi connectivity index (χ1v) is 25.4. The number of benzene rings is 1. The van der Waals surface area contributed by atoms with Crippen LogP contribution in [0.4, 0.5) is 0 Å². The zero-order valence-electron chi connectivity index (χ0n) is 43.7. The Morgan fingerprint density at radius 1 is 0.904 bits per heavy atom. The summed E-state index contributed by atoms with van der Waals surface area (Å²) < 4.78 is 47.5. The number of halogens is 2. The lowest BCUT2D eigenvalue weighted by atomic mass is 9.88. The number of ether oxygens (including phenoxy) is 8. The van der Waals surface area contributed by atoms with Crippen molar-refractivity contribution in [3.63, 3.8) is 0 Å². The van der Waals surface area contributed by atoms with Crippen LogP contribution in [0.1, 0.15) is 118 Å². The van der Waals surface area contributed by atoms with Crippen molar-refractivity contribution in [1.82, 2.24) is 0 Å². The number of cyclic esters (lactones) is 1. The minimum Gasteiger partial charge on any atom is -0.505 e. The van der Waals surface area contributed by atoms with Crippen LogP contribution in [0.5, 0.6) is 11.5 Å². The second kappa shape index (κ2) is 27.2. The lowest BCUT2D eigenvalue weighted by molar-refractivity contribution is -0.333. The summed E-state index contributed by atoms with van der Waals surface area (Å²) in [5.41, 5.74) is 0.504. The predicted molar refractivity (Wildman–Crippen MR) is 270 cm³/mol. The van der Waals surface area contributed by atoms with Gasteiger partial charge in [-0.25, -0.2) is 9.59 Å². The first-order chi connectivity index (χ1) is 34.2. The van der Waals surface area contributed by atoms with Gasteiger partial charge in [-0.2, -0.15) is 0 Å². The van der Waals surface area contributed by atoms with Gasteiger partial charge in [0.2, 0.25) is 0 Å². The van der Waals surface area contributed by atoms with Crippen LogP contribution in [0.3, 0.4) is 0 Å². The number of phenols is 2. The summed E-state index contributed by atoms with van der Waals surface area (Å²) in [6.45, 7) is 18.4. The van der Waals surface area contributed by atoms with Gasteiger partial charge in [0.15, 0.2) is 36.3 Å². The maximum atomic E-state index is 14.0. The molecule has 3 aliphatic rings. The first-order valence-electron chi connectivity index (χ1n) is 24.7. The Balaban J connectivity index is 1.60. The molecule has 2 saturated heterocycles. The van der Waals surface area contributed by atoms with Crippen molar-refractivity contribution < 1.29 is 88.0 Å². The molecule has 1 aromatic carbocycles. The number of carbonyl (C=O) groups is 3. The lowest BCUT2D eigenvalue weighted by Crippen LogP contribution is -2.64. The normalized spacial score (nSPS) is 34.5. The molecule has 2 fully saturated rings. The fourth-order valence-corrected chi connectivity index (χ4v) is 9.35. The predicted octanol–water partition coefficient (Wildman–Crippen LogP) is 6.62. The number of allylic oxidation sites excluding steroid dienone is 4. The molecule has 4 rings (SSSR count). The number of hydrogen-bond donors (Lipinski definition) is 7. The molecule has 20 heteroatoms. The molecule has 3 heterocycles. The highest BCUT2D eigenvalue weighted by Gasteiger charge is 2.53. The summed E-state index contributed by atoms with van der Waals surface area (Å²) in [7, 11) is 1.33. The molecule has 7 N–H and O–H groups in total. The van der Waals surface area contributed by atoms with Crippen molar-refractivity contribution in [2.45, 2.75) is 194 Å². The van der Waals surface area contributed by atoms with Crippen LogP contribution >= 0.6 is 23.2 Å². The Labute approximate surface area is 438 Å². The third-order valence-electron chi connectivity index (χ3n) is 13.2. The van der Waals surface area contributed by atoms with Crippen LogP contribution in [0.2, 0.25) is 10.0 Å². The number of phenolic OH excluding ortho intramolecular Hbond substituents is 2. The van der Waals surface area contributed by atoms with E-state index in [1.165, 1.54) is 27.0 Å². The molecule has 1 aromatic rings. The van der Waals surface area contributed by atoms with E-state index >= 15 is 0 Å². The van der Waals surface area contributed by atoms with Crippen molar-refractivity contribution in [2.75, 3.05) is 13.7 Å². The van der Waals surface area contributed by atoms with Crippen LogP contribution < -0.4 is 0 Å². The average molecular weight is 1070 g/mol. The van der Waals surface area contributed by atoms with E-state index in [4.69, 9.17) is 61.1 Å². The molecule has 0 spiro atoms. The molecule has 0 aromatic heterocycles. The van der Waals surface area contributed by atoms with Gasteiger partial charge in [-0.05, 0) is 84.4 Å². The van der Waals surface area contributed by atoms with Gasteiger partial charge >= 0.3 is 17.9 Å². The van der Waals surface area contributed by atoms with Crippen LogP contribution in [-0.2, 0) is 53.9 Å². The number of carbonyl (C=O) groups excluding carboxylic acids is 3. The fourth-order valence-electron chi connectivity index (χ4n) is 8.79. The third kappa shape index (κ3) is 15.4. The molecular formula is C53H76Cl2O18. The van der Waals surface area contributed by atoms with E-state index in [9.17, 15) is 50.1 Å². The number of methoxy groups -OCH3 is 1. The van der Waals surface area contributed by atoms with Gasteiger partial charge in [-0.3, -0.25) is 4.79 Å². The number of aliphatic hydroxyl groups is 5. The maximum absolute atomic E-state index is 14.0. The van der Waals surface area contributed by atoms with Gasteiger partial charge in [0.05, 0.1) is 42.0 Å². The van der Waals surface area contributed by atoms with Gasteiger partial charge < -0.3 is 73.6 Å². The highest BCUT2D eigenvalue weighted by molar-refractivity contribution is 6.39. The minimum absolute atomic E-state index is 0.0623. The van der Waals surface area contributed by atoms with Crippen LogP contribution in [0, 0.1) is 11.8 Å². The molecule has 410 valence electrons. The molecule has 14 atom stereocenters. The largest absolute Gasteiger partial charge is 0.505 e. The number of aromatic hydroxyl groups is 2. The second-order valence-electron chi connectivity index (χ2n) is 19.7. The molecule has 73 heavy (non-hydrogen) atoms. The number of esters is 3. The minimum atomic E-state index is -1.60. The molecule has 0 radical (unpaired) electrons. The second-order valence-corrected chi connectivity index (χ2v) is 20.4. The molecule has 0 amide bonds. The Hall–Kier alpha value is -3.89. The van der Waals surface area contributed by atoms with Crippen LogP contribution in [0.25, 0.3) is 0 Å². The molecular weight excluding hydrogens is 995 g/mol. The van der Waals surface area contributed by atoms with Crippen molar-refractivity contribution in [3.8, 4) is 11.5 Å². The van der Waals surface area contributed by atoms with E-state index in [1.54, 1.807) is 59.8 Å². The molecule has 0 aliphatic carbocycles. The topological polar surface area (TPSA) is 267 Å². The van der Waals surface area contributed by atoms with Crippen LogP contribution in [-0.4, -0.2) is 153 Å². The quantitative estimate of drug-likeness (QED) is 0.0586. The summed E-state index contributed by atoms with van der Waals surface area (Å²) in [5, 5.41) is 76.7. The van der Waals surface area contributed by atoms with Crippen molar-refractivity contribution >= 4 is 41.1 Å². The molecule has 0 unspecified atom stereocenters. The van der Waals surface area contributed by atoms with Gasteiger partial charge in [0.25, 0.3) is 0 Å². The molecule has 3 aliphatic heterocycles. The summed E-state index contributed by atoms with van der Waals surface area (Å²) >= 11 is 12.3. The summed E-state index contributed by atoms with van der Waals surface area (Å²) in [6.07, 6.45) is -4.94. The Morgan fingerprint density at radius 3 is 2.18 bits per heavy atom. The Bertz CT molecular complexity index is 2230. The van der Waals surface area contributed by atoms with E-state index in [0.717, 1.165) is 0 Å². The Kier molecular flexibility index (Phi) is 23.0. The van der Waals surface area contributed by atoms with E-state index in [0.29, 0.717) is 23.1 Å². The van der Waals surface area contributed by atoms with Crippen molar-refractivity contribution in [3.05, 3.63) is 79.9 Å². The molecule has 0 saturated carbocycles. The average Bonchev–Trinajstić information content (AvgIpc) is 3.33.